The molecule has 0 saturated carbocycles. The van der Waals surface area contributed by atoms with Crippen LogP contribution in [0.2, 0.25) is 0 Å². The van der Waals surface area contributed by atoms with Gasteiger partial charge in [0.15, 0.2) is 0 Å². The lowest BCUT2D eigenvalue weighted by Crippen LogP contribution is -2.50. The number of nitro benzene ring substituents is 1. The molecular weight excluding hydrogens is 361 g/mol. The molecular formula is C13H14NO10P. The number of carboxylic acid groups (broad SMARTS) is 1. The van der Waals surface area contributed by atoms with E-state index >= 15 is 0 Å². The maximum Gasteiger partial charge on any atom is 0.470 e. The highest BCUT2D eigenvalue weighted by Gasteiger charge is 2.48. The zero-order valence-corrected chi connectivity index (χ0v) is 13.3. The largest absolute Gasteiger partial charge is 0.478 e. The number of nitro groups is 1. The Morgan fingerprint density at radius 3 is 2.32 bits per heavy atom. The summed E-state index contributed by atoms with van der Waals surface area (Å²) < 4.78 is 15.4. The Balaban J connectivity index is 2.47. The van der Waals surface area contributed by atoms with E-state index in [1.165, 1.54) is 0 Å². The maximum atomic E-state index is 11.2. The zero-order valence-electron chi connectivity index (χ0n) is 12.4. The molecule has 1 aromatic carbocycles. The van der Waals surface area contributed by atoms with E-state index in [1.807, 2.05) is 0 Å². The number of hydrogen-bond donors (Lipinski definition) is 5. The number of phosphoric acid groups is 1. The molecule has 1 aliphatic carbocycles. The van der Waals surface area contributed by atoms with Crippen molar-refractivity contribution in [2.75, 3.05) is 0 Å². The van der Waals surface area contributed by atoms with Crippen LogP contribution in [0.5, 0.6) is 0 Å². The molecule has 12 heteroatoms. The van der Waals surface area contributed by atoms with Crippen LogP contribution in [0, 0.1) is 10.1 Å². The number of non-ortho nitro benzene ring substituents is 1. The monoisotopic (exact) mass is 375 g/mol. The quantitative estimate of drug-likeness (QED) is 0.267. The van der Waals surface area contributed by atoms with Crippen molar-refractivity contribution in [1.82, 2.24) is 0 Å². The van der Waals surface area contributed by atoms with Crippen LogP contribution < -0.4 is 0 Å². The number of carboxylic acids is 1. The van der Waals surface area contributed by atoms with Crippen molar-refractivity contribution in [3.63, 3.8) is 0 Å². The first-order valence-electron chi connectivity index (χ1n) is 6.77. The molecule has 0 amide bonds. The zero-order chi connectivity index (χ0) is 19.0. The SMILES string of the molecule is O=C(O)C1=CC(OP(=O)(O)O)C(O)C(O)(c2ccc([N+](=O)[O-])cc2)C1. The predicted octanol–water partition coefficient (Wildman–Crippen LogP) is 0.0359. The molecule has 5 N–H and O–H groups in total. The summed E-state index contributed by atoms with van der Waals surface area (Å²) in [6.45, 7) is 0. The van der Waals surface area contributed by atoms with E-state index in [4.69, 9.17) is 14.9 Å². The Morgan fingerprint density at radius 2 is 1.88 bits per heavy atom. The molecule has 0 saturated heterocycles. The third-order valence-electron chi connectivity index (χ3n) is 3.74. The lowest BCUT2D eigenvalue weighted by Gasteiger charge is -2.40. The predicted molar refractivity (Wildman–Crippen MR) is 80.3 cm³/mol. The molecule has 0 spiro atoms. The average molecular weight is 375 g/mol. The maximum absolute atomic E-state index is 11.2. The van der Waals surface area contributed by atoms with Gasteiger partial charge in [0.2, 0.25) is 0 Å². The molecule has 0 radical (unpaired) electrons. The van der Waals surface area contributed by atoms with Crippen LogP contribution in [0.25, 0.3) is 0 Å². The van der Waals surface area contributed by atoms with Gasteiger partial charge in [-0.1, -0.05) is 0 Å². The molecule has 1 aliphatic rings. The molecule has 0 aromatic heterocycles. The van der Waals surface area contributed by atoms with E-state index in [2.05, 4.69) is 4.52 Å². The van der Waals surface area contributed by atoms with Gasteiger partial charge in [-0.25, -0.2) is 9.36 Å². The lowest BCUT2D eigenvalue weighted by atomic mass is 9.76. The molecule has 0 bridgehead atoms. The highest BCUT2D eigenvalue weighted by Crippen LogP contribution is 2.45. The highest BCUT2D eigenvalue weighted by molar-refractivity contribution is 7.46. The van der Waals surface area contributed by atoms with Gasteiger partial charge in [0.25, 0.3) is 5.69 Å². The summed E-state index contributed by atoms with van der Waals surface area (Å²) >= 11 is 0. The van der Waals surface area contributed by atoms with Crippen LogP contribution in [0.15, 0.2) is 35.9 Å². The first kappa shape index (κ1) is 19.2. The minimum Gasteiger partial charge on any atom is -0.478 e. The fourth-order valence-electron chi connectivity index (χ4n) is 2.55. The third kappa shape index (κ3) is 4.10. The van der Waals surface area contributed by atoms with Crippen molar-refractivity contribution in [2.45, 2.75) is 24.2 Å². The minimum absolute atomic E-state index is 0.0724. The summed E-state index contributed by atoms with van der Waals surface area (Å²) in [5, 5.41) is 40.9. The molecule has 3 atom stereocenters. The van der Waals surface area contributed by atoms with Gasteiger partial charge in [-0.2, -0.15) is 0 Å². The van der Waals surface area contributed by atoms with Crippen LogP contribution >= 0.6 is 7.82 Å². The second-order valence-electron chi connectivity index (χ2n) is 5.41. The minimum atomic E-state index is -5.10. The van der Waals surface area contributed by atoms with Gasteiger partial charge in [0.1, 0.15) is 17.8 Å². The van der Waals surface area contributed by atoms with Crippen molar-refractivity contribution in [2.24, 2.45) is 0 Å². The molecule has 136 valence electrons. The van der Waals surface area contributed by atoms with Gasteiger partial charge in [-0.3, -0.25) is 14.6 Å². The number of phosphoric ester groups is 1. The first-order valence-corrected chi connectivity index (χ1v) is 8.30. The van der Waals surface area contributed by atoms with Crippen LogP contribution in [0.1, 0.15) is 12.0 Å². The molecule has 0 aliphatic heterocycles. The fraction of sp³-hybridized carbons (Fsp3) is 0.308. The summed E-state index contributed by atoms with van der Waals surface area (Å²) in [6.07, 6.45) is -3.53. The van der Waals surface area contributed by atoms with Crippen molar-refractivity contribution in [3.8, 4) is 0 Å². The topological polar surface area (TPSA) is 188 Å². The van der Waals surface area contributed by atoms with Gasteiger partial charge in [0.05, 0.1) is 4.92 Å². The van der Waals surface area contributed by atoms with Crippen molar-refractivity contribution in [3.05, 3.63) is 51.6 Å². The fourth-order valence-corrected chi connectivity index (χ4v) is 3.05. The van der Waals surface area contributed by atoms with Crippen LogP contribution in [-0.4, -0.2) is 48.2 Å². The Morgan fingerprint density at radius 1 is 1.32 bits per heavy atom. The normalized spacial score (nSPS) is 26.8. The first-order chi connectivity index (χ1) is 11.4. The van der Waals surface area contributed by atoms with Crippen LogP contribution in [-0.2, 0) is 19.5 Å². The Hall–Kier alpha value is -2.14. The summed E-state index contributed by atoms with van der Waals surface area (Å²) in [6, 6.07) is 4.30. The van der Waals surface area contributed by atoms with E-state index in [0.29, 0.717) is 0 Å². The summed E-state index contributed by atoms with van der Waals surface area (Å²) in [7, 11) is -5.10. The summed E-state index contributed by atoms with van der Waals surface area (Å²) in [4.78, 5) is 39.0. The van der Waals surface area contributed by atoms with Crippen molar-refractivity contribution < 1.29 is 43.9 Å². The number of hydrogen-bond acceptors (Lipinski definition) is 7. The lowest BCUT2D eigenvalue weighted by molar-refractivity contribution is -0.384. The van der Waals surface area contributed by atoms with E-state index in [0.717, 1.165) is 30.3 Å². The second kappa shape index (κ2) is 6.64. The number of aliphatic hydroxyl groups excluding tert-OH is 1. The van der Waals surface area contributed by atoms with E-state index < -0.39 is 48.5 Å². The van der Waals surface area contributed by atoms with E-state index in [1.54, 1.807) is 0 Å². The number of nitrogens with zero attached hydrogens (tertiary/aromatic N) is 1. The molecule has 0 fully saturated rings. The molecule has 0 heterocycles. The molecule has 25 heavy (non-hydrogen) atoms. The molecule has 3 unspecified atom stereocenters. The highest BCUT2D eigenvalue weighted by atomic mass is 31.2. The number of aliphatic carboxylic acids is 1. The Kier molecular flexibility index (Phi) is 5.09. The second-order valence-corrected chi connectivity index (χ2v) is 6.60. The van der Waals surface area contributed by atoms with E-state index in [9.17, 15) is 29.7 Å². The average Bonchev–Trinajstić information content (AvgIpc) is 2.50. The van der Waals surface area contributed by atoms with Gasteiger partial charge in [-0.05, 0) is 23.8 Å². The van der Waals surface area contributed by atoms with Gasteiger partial charge in [0, 0.05) is 24.1 Å². The number of benzene rings is 1. The Bertz CT molecular complexity index is 770. The number of rotatable bonds is 5. The van der Waals surface area contributed by atoms with Crippen molar-refractivity contribution >= 4 is 19.5 Å². The standard InChI is InChI=1S/C13H14NO10P/c15-11-10(24-25(21,22)23)5-7(12(16)17)6-13(11,18)8-1-3-9(4-2-8)14(19)20/h1-5,10-11,15,18H,6H2,(H,16,17)(H2,21,22,23). The van der Waals surface area contributed by atoms with Crippen LogP contribution in [0.4, 0.5) is 5.69 Å². The number of carbonyl (C=O) groups is 1. The van der Waals surface area contributed by atoms with Gasteiger partial charge < -0.3 is 25.1 Å². The van der Waals surface area contributed by atoms with Crippen LogP contribution in [0.3, 0.4) is 0 Å². The third-order valence-corrected chi connectivity index (χ3v) is 4.26. The summed E-state index contributed by atoms with van der Waals surface area (Å²) in [5.74, 6) is -1.48. The van der Waals surface area contributed by atoms with Gasteiger partial charge in [-0.15, -0.1) is 0 Å². The molecule has 1 aromatic rings. The summed E-state index contributed by atoms with van der Waals surface area (Å²) in [5.41, 5.74) is -3.09. The Labute approximate surface area is 140 Å². The molecule has 2 rings (SSSR count). The van der Waals surface area contributed by atoms with Gasteiger partial charge >= 0.3 is 13.8 Å². The number of aliphatic hydroxyl groups is 2. The van der Waals surface area contributed by atoms with E-state index in [-0.39, 0.29) is 11.3 Å². The molecule has 11 nitrogen and oxygen atoms in total. The van der Waals surface area contributed by atoms with Crippen molar-refractivity contribution in [1.29, 1.82) is 0 Å². The smallest absolute Gasteiger partial charge is 0.470 e.